The molecule has 0 amide bonds. The smallest absolute Gasteiger partial charge is 0.224 e. The molecule has 112 valence electrons. The van der Waals surface area contributed by atoms with Crippen molar-refractivity contribution in [3.63, 3.8) is 0 Å². The van der Waals surface area contributed by atoms with Crippen molar-refractivity contribution >= 4 is 28.3 Å². The van der Waals surface area contributed by atoms with E-state index < -0.39 is 0 Å². The third kappa shape index (κ3) is 3.27. The Morgan fingerprint density at radius 2 is 1.90 bits per heavy atom. The number of aromatic nitrogens is 2. The lowest BCUT2D eigenvalue weighted by Gasteiger charge is -2.30. The molecule has 1 aromatic carbocycles. The highest BCUT2D eigenvalue weighted by Crippen LogP contribution is 2.30. The maximum absolute atomic E-state index is 9.50. The molecule has 1 aliphatic carbocycles. The number of nitrogens with zero attached hydrogens (tertiary/aromatic N) is 2. The van der Waals surface area contributed by atoms with E-state index in [2.05, 4.69) is 15.3 Å². The van der Waals surface area contributed by atoms with Gasteiger partial charge in [-0.1, -0.05) is 25.0 Å². The van der Waals surface area contributed by atoms with E-state index in [0.29, 0.717) is 11.8 Å². The van der Waals surface area contributed by atoms with Gasteiger partial charge in [-0.25, -0.2) is 9.97 Å². The number of aliphatic hydroxyl groups is 1. The number of aliphatic hydroxyl groups excluding tert-OH is 1. The molecule has 0 saturated heterocycles. The zero-order valence-electron chi connectivity index (χ0n) is 11.9. The Morgan fingerprint density at radius 1 is 1.14 bits per heavy atom. The van der Waals surface area contributed by atoms with E-state index in [1.54, 1.807) is 0 Å². The van der Waals surface area contributed by atoms with Crippen LogP contribution in [0.1, 0.15) is 25.7 Å². The average molecular weight is 306 g/mol. The Kier molecular flexibility index (Phi) is 4.56. The summed E-state index contributed by atoms with van der Waals surface area (Å²) in [6.45, 7) is 1.10. The fourth-order valence-corrected chi connectivity index (χ4v) is 3.38. The summed E-state index contributed by atoms with van der Waals surface area (Å²) in [6, 6.07) is 7.85. The molecule has 2 N–H and O–H groups in total. The van der Waals surface area contributed by atoms with Crippen molar-refractivity contribution in [3.8, 4) is 0 Å². The van der Waals surface area contributed by atoms with E-state index in [9.17, 15) is 5.11 Å². The number of nitrogens with one attached hydrogen (secondary N) is 1. The minimum absolute atomic E-state index is 0.263. The molecule has 2 atom stereocenters. The van der Waals surface area contributed by atoms with Crippen molar-refractivity contribution in [3.05, 3.63) is 29.5 Å². The fourth-order valence-electron chi connectivity index (χ4n) is 3.20. The number of benzene rings is 1. The highest BCUT2D eigenvalue weighted by molar-refractivity contribution is 6.28. The summed E-state index contributed by atoms with van der Waals surface area (Å²) >= 11 is 6.00. The van der Waals surface area contributed by atoms with Gasteiger partial charge >= 0.3 is 0 Å². The summed E-state index contributed by atoms with van der Waals surface area (Å²) in [6.07, 6.45) is 4.75. The first kappa shape index (κ1) is 14.5. The maximum Gasteiger partial charge on any atom is 0.224 e. The van der Waals surface area contributed by atoms with Crippen LogP contribution in [0.4, 0.5) is 5.82 Å². The molecular weight excluding hydrogens is 286 g/mol. The summed E-state index contributed by atoms with van der Waals surface area (Å²) in [5, 5.41) is 14.2. The SMILES string of the molecule is OCC1CCCCC1CNc1nc(Cl)nc2ccccc12. The van der Waals surface area contributed by atoms with Gasteiger partial charge in [0, 0.05) is 18.5 Å². The largest absolute Gasteiger partial charge is 0.396 e. The normalized spacial score (nSPS) is 22.4. The Labute approximate surface area is 129 Å². The summed E-state index contributed by atoms with van der Waals surface area (Å²) in [5.41, 5.74) is 0.849. The molecule has 0 aliphatic heterocycles. The van der Waals surface area contributed by atoms with Crippen LogP contribution in [0, 0.1) is 11.8 Å². The lowest BCUT2D eigenvalue weighted by atomic mass is 9.79. The molecule has 21 heavy (non-hydrogen) atoms. The Hall–Kier alpha value is -1.39. The third-order valence-corrected chi connectivity index (χ3v) is 4.58. The molecule has 0 spiro atoms. The second-order valence-electron chi connectivity index (χ2n) is 5.73. The first-order valence-corrected chi connectivity index (χ1v) is 7.92. The van der Waals surface area contributed by atoms with Gasteiger partial charge in [0.15, 0.2) is 0 Å². The second-order valence-corrected chi connectivity index (χ2v) is 6.06. The van der Waals surface area contributed by atoms with E-state index in [1.165, 1.54) is 12.8 Å². The second kappa shape index (κ2) is 6.58. The van der Waals surface area contributed by atoms with E-state index >= 15 is 0 Å². The molecule has 4 nitrogen and oxygen atoms in total. The molecular formula is C16H20ClN3O. The highest BCUT2D eigenvalue weighted by Gasteiger charge is 2.24. The molecule has 1 heterocycles. The average Bonchev–Trinajstić information content (AvgIpc) is 2.52. The van der Waals surface area contributed by atoms with Gasteiger partial charge in [0.25, 0.3) is 0 Å². The van der Waals surface area contributed by atoms with Crippen LogP contribution >= 0.6 is 11.6 Å². The van der Waals surface area contributed by atoms with Crippen molar-refractivity contribution in [1.82, 2.24) is 9.97 Å². The molecule has 1 fully saturated rings. The van der Waals surface area contributed by atoms with Gasteiger partial charge in [-0.3, -0.25) is 0 Å². The molecule has 2 aromatic rings. The predicted octanol–water partition coefficient (Wildman–Crippen LogP) is 3.49. The van der Waals surface area contributed by atoms with Crippen LogP contribution in [-0.4, -0.2) is 28.2 Å². The van der Waals surface area contributed by atoms with Gasteiger partial charge in [0.05, 0.1) is 5.52 Å². The summed E-state index contributed by atoms with van der Waals surface area (Å²) in [5.74, 6) is 1.68. The lowest BCUT2D eigenvalue weighted by molar-refractivity contribution is 0.141. The van der Waals surface area contributed by atoms with Crippen molar-refractivity contribution in [2.75, 3.05) is 18.5 Å². The van der Waals surface area contributed by atoms with Crippen LogP contribution < -0.4 is 5.32 Å². The molecule has 1 saturated carbocycles. The van der Waals surface area contributed by atoms with Gasteiger partial charge in [-0.05, 0) is 48.4 Å². The quantitative estimate of drug-likeness (QED) is 0.849. The van der Waals surface area contributed by atoms with E-state index in [4.69, 9.17) is 11.6 Å². The number of fused-ring (bicyclic) bond motifs is 1. The van der Waals surface area contributed by atoms with Gasteiger partial charge < -0.3 is 10.4 Å². The molecule has 1 aliphatic rings. The van der Waals surface area contributed by atoms with Crippen molar-refractivity contribution in [2.45, 2.75) is 25.7 Å². The summed E-state index contributed by atoms with van der Waals surface area (Å²) < 4.78 is 0. The Morgan fingerprint density at radius 3 is 2.71 bits per heavy atom. The molecule has 0 bridgehead atoms. The Balaban J connectivity index is 1.78. The number of halogens is 1. The number of hydrogen-bond donors (Lipinski definition) is 2. The van der Waals surface area contributed by atoms with Crippen LogP contribution in [-0.2, 0) is 0 Å². The maximum atomic E-state index is 9.50. The van der Waals surface area contributed by atoms with Crippen LogP contribution in [0.2, 0.25) is 5.28 Å². The first-order chi connectivity index (χ1) is 10.3. The minimum Gasteiger partial charge on any atom is -0.396 e. The van der Waals surface area contributed by atoms with E-state index in [1.807, 2.05) is 24.3 Å². The third-order valence-electron chi connectivity index (χ3n) is 4.41. The molecule has 2 unspecified atom stereocenters. The predicted molar refractivity (Wildman–Crippen MR) is 85.6 cm³/mol. The van der Waals surface area contributed by atoms with Crippen LogP contribution in [0.3, 0.4) is 0 Å². The number of para-hydroxylation sites is 1. The molecule has 0 radical (unpaired) electrons. The number of anilines is 1. The number of hydrogen-bond acceptors (Lipinski definition) is 4. The molecule has 5 heteroatoms. The monoisotopic (exact) mass is 305 g/mol. The first-order valence-electron chi connectivity index (χ1n) is 7.55. The number of rotatable bonds is 4. The van der Waals surface area contributed by atoms with Gasteiger partial charge in [0.2, 0.25) is 5.28 Å². The topological polar surface area (TPSA) is 58.0 Å². The molecule has 1 aromatic heterocycles. The van der Waals surface area contributed by atoms with Crippen molar-refractivity contribution in [1.29, 1.82) is 0 Å². The van der Waals surface area contributed by atoms with Crippen LogP contribution in [0.15, 0.2) is 24.3 Å². The zero-order valence-corrected chi connectivity index (χ0v) is 12.7. The van der Waals surface area contributed by atoms with Crippen molar-refractivity contribution in [2.24, 2.45) is 11.8 Å². The molecule has 3 rings (SSSR count). The lowest BCUT2D eigenvalue weighted by Crippen LogP contribution is -2.28. The minimum atomic E-state index is 0.263. The fraction of sp³-hybridized carbons (Fsp3) is 0.500. The highest BCUT2D eigenvalue weighted by atomic mass is 35.5. The standard InChI is InChI=1S/C16H20ClN3O/c17-16-19-14-8-4-3-7-13(14)15(20-16)18-9-11-5-1-2-6-12(11)10-21/h3-4,7-8,11-12,21H,1-2,5-6,9-10H2,(H,18,19,20). The summed E-state index contributed by atoms with van der Waals surface area (Å²) in [4.78, 5) is 8.55. The van der Waals surface area contributed by atoms with Crippen molar-refractivity contribution < 1.29 is 5.11 Å². The van der Waals surface area contributed by atoms with Gasteiger partial charge in [-0.15, -0.1) is 0 Å². The van der Waals surface area contributed by atoms with Gasteiger partial charge in [0.1, 0.15) is 5.82 Å². The Bertz CT molecular complexity index is 619. The zero-order chi connectivity index (χ0) is 14.7. The van der Waals surface area contributed by atoms with Crippen LogP contribution in [0.25, 0.3) is 10.9 Å². The summed E-state index contributed by atoms with van der Waals surface area (Å²) in [7, 11) is 0. The van der Waals surface area contributed by atoms with Gasteiger partial charge in [-0.2, -0.15) is 0 Å². The van der Waals surface area contributed by atoms with E-state index in [0.717, 1.165) is 36.1 Å². The van der Waals surface area contributed by atoms with Crippen LogP contribution in [0.5, 0.6) is 0 Å². The van der Waals surface area contributed by atoms with E-state index in [-0.39, 0.29) is 11.9 Å².